The van der Waals surface area contributed by atoms with Crippen molar-refractivity contribution in [2.45, 2.75) is 26.6 Å². The third kappa shape index (κ3) is 4.62. The number of aromatic nitrogens is 2. The summed E-state index contributed by atoms with van der Waals surface area (Å²) in [5.41, 5.74) is 3.77. The molecule has 0 bridgehead atoms. The van der Waals surface area contributed by atoms with E-state index < -0.39 is 11.7 Å². The van der Waals surface area contributed by atoms with Gasteiger partial charge in [-0.05, 0) is 54.8 Å². The van der Waals surface area contributed by atoms with Gasteiger partial charge in [0.15, 0.2) is 0 Å². The number of nitrogens with zero attached hydrogens (tertiary/aromatic N) is 3. The molecule has 0 radical (unpaired) electrons. The molecule has 1 heterocycles. The Morgan fingerprint density at radius 2 is 1.76 bits per heavy atom. The maximum Gasteiger partial charge on any atom is 0.416 e. The predicted octanol–water partition coefficient (Wildman–Crippen LogP) is 5.05. The van der Waals surface area contributed by atoms with E-state index in [1.54, 1.807) is 43.6 Å². The van der Waals surface area contributed by atoms with E-state index in [0.717, 1.165) is 34.5 Å². The molecule has 0 atom stereocenters. The van der Waals surface area contributed by atoms with E-state index in [2.05, 4.69) is 10.2 Å². The van der Waals surface area contributed by atoms with Gasteiger partial charge in [0.25, 0.3) is 5.91 Å². The SMILES string of the molecule is Cc1cnnc(-c2ccc(C(=O)N(C)Cc3cccc(C(F)(F)F)c3)cc2)c1C. The van der Waals surface area contributed by atoms with E-state index in [9.17, 15) is 18.0 Å². The van der Waals surface area contributed by atoms with Gasteiger partial charge in [0.2, 0.25) is 0 Å². The van der Waals surface area contributed by atoms with Gasteiger partial charge < -0.3 is 4.90 Å². The van der Waals surface area contributed by atoms with E-state index >= 15 is 0 Å². The summed E-state index contributed by atoms with van der Waals surface area (Å²) in [5.74, 6) is -0.277. The summed E-state index contributed by atoms with van der Waals surface area (Å²) >= 11 is 0. The van der Waals surface area contributed by atoms with Gasteiger partial charge in [0, 0.05) is 24.7 Å². The van der Waals surface area contributed by atoms with Gasteiger partial charge in [-0.25, -0.2) is 0 Å². The molecule has 0 unspecified atom stereocenters. The van der Waals surface area contributed by atoms with Gasteiger partial charge in [0.05, 0.1) is 17.5 Å². The van der Waals surface area contributed by atoms with Crippen LogP contribution in [0.5, 0.6) is 0 Å². The quantitative estimate of drug-likeness (QED) is 0.617. The Kier molecular flexibility index (Phi) is 5.68. The van der Waals surface area contributed by atoms with E-state index in [4.69, 9.17) is 0 Å². The first kappa shape index (κ1) is 20.5. The molecule has 0 fully saturated rings. The van der Waals surface area contributed by atoms with E-state index in [0.29, 0.717) is 11.1 Å². The normalized spacial score (nSPS) is 11.4. The highest BCUT2D eigenvalue weighted by Gasteiger charge is 2.30. The van der Waals surface area contributed by atoms with Crippen molar-refractivity contribution in [3.8, 4) is 11.3 Å². The standard InChI is InChI=1S/C22H20F3N3O/c1-14-12-26-27-20(15(14)2)17-7-9-18(10-8-17)21(29)28(3)13-16-5-4-6-19(11-16)22(23,24)25/h4-12H,13H2,1-3H3. The molecular formula is C22H20F3N3O. The molecule has 7 heteroatoms. The second-order valence-electron chi connectivity index (χ2n) is 6.94. The number of rotatable bonds is 4. The van der Waals surface area contributed by atoms with Gasteiger partial charge in [-0.1, -0.05) is 24.3 Å². The molecule has 0 N–H and O–H groups in total. The monoisotopic (exact) mass is 399 g/mol. The zero-order chi connectivity index (χ0) is 21.2. The minimum absolute atomic E-state index is 0.0764. The predicted molar refractivity (Wildman–Crippen MR) is 104 cm³/mol. The van der Waals surface area contributed by atoms with E-state index in [-0.39, 0.29) is 12.5 Å². The fourth-order valence-electron chi connectivity index (χ4n) is 2.99. The number of amides is 1. The van der Waals surface area contributed by atoms with E-state index in [1.807, 2.05) is 13.8 Å². The summed E-state index contributed by atoms with van der Waals surface area (Å²) in [6.45, 7) is 3.99. The maximum atomic E-state index is 12.9. The first-order valence-electron chi connectivity index (χ1n) is 8.97. The molecule has 0 aliphatic rings. The largest absolute Gasteiger partial charge is 0.416 e. The Balaban J connectivity index is 1.76. The summed E-state index contributed by atoms with van der Waals surface area (Å²) in [4.78, 5) is 14.1. The van der Waals surface area contributed by atoms with Crippen LogP contribution in [0.15, 0.2) is 54.7 Å². The molecular weight excluding hydrogens is 379 g/mol. The topological polar surface area (TPSA) is 46.1 Å². The number of hydrogen-bond donors (Lipinski definition) is 0. The number of carbonyl (C=O) groups is 1. The average Bonchev–Trinajstić information content (AvgIpc) is 2.69. The van der Waals surface area contributed by atoms with Gasteiger partial charge in [-0.2, -0.15) is 23.4 Å². The third-order valence-corrected chi connectivity index (χ3v) is 4.78. The molecule has 0 saturated carbocycles. The van der Waals surface area contributed by atoms with Crippen molar-refractivity contribution in [2.75, 3.05) is 7.05 Å². The second-order valence-corrected chi connectivity index (χ2v) is 6.94. The van der Waals surface area contributed by atoms with Crippen LogP contribution in [-0.4, -0.2) is 28.1 Å². The Morgan fingerprint density at radius 3 is 2.41 bits per heavy atom. The number of hydrogen-bond acceptors (Lipinski definition) is 3. The van der Waals surface area contributed by atoms with E-state index in [1.165, 1.54) is 11.0 Å². The smallest absolute Gasteiger partial charge is 0.337 e. The van der Waals surface area contributed by atoms with Crippen molar-refractivity contribution >= 4 is 5.91 Å². The Bertz CT molecular complexity index is 1030. The lowest BCUT2D eigenvalue weighted by atomic mass is 10.0. The summed E-state index contributed by atoms with van der Waals surface area (Å²) in [7, 11) is 1.56. The van der Waals surface area contributed by atoms with Crippen molar-refractivity contribution in [1.82, 2.24) is 15.1 Å². The second kappa shape index (κ2) is 8.03. The molecule has 0 aliphatic carbocycles. The molecule has 29 heavy (non-hydrogen) atoms. The molecule has 1 amide bonds. The maximum absolute atomic E-state index is 12.9. The Labute approximate surface area is 167 Å². The van der Waals surface area contributed by atoms with Crippen LogP contribution < -0.4 is 0 Å². The zero-order valence-electron chi connectivity index (χ0n) is 16.3. The number of halogens is 3. The van der Waals surface area contributed by atoms with Crippen LogP contribution in [-0.2, 0) is 12.7 Å². The van der Waals surface area contributed by atoms with Crippen molar-refractivity contribution in [3.63, 3.8) is 0 Å². The molecule has 4 nitrogen and oxygen atoms in total. The minimum Gasteiger partial charge on any atom is -0.337 e. The Hall–Kier alpha value is -3.22. The molecule has 3 aromatic rings. The first-order valence-corrected chi connectivity index (χ1v) is 8.97. The fraction of sp³-hybridized carbons (Fsp3) is 0.227. The third-order valence-electron chi connectivity index (χ3n) is 4.78. The molecule has 0 spiro atoms. The van der Waals surface area contributed by atoms with Gasteiger partial charge in [0.1, 0.15) is 0 Å². The summed E-state index contributed by atoms with van der Waals surface area (Å²) in [6.07, 6.45) is -2.72. The van der Waals surface area contributed by atoms with Crippen LogP contribution in [0, 0.1) is 13.8 Å². The highest BCUT2D eigenvalue weighted by atomic mass is 19.4. The number of benzene rings is 2. The average molecular weight is 399 g/mol. The van der Waals surface area contributed by atoms with Crippen molar-refractivity contribution in [2.24, 2.45) is 0 Å². The van der Waals surface area contributed by atoms with Crippen LogP contribution in [0.25, 0.3) is 11.3 Å². The fourth-order valence-corrected chi connectivity index (χ4v) is 2.99. The molecule has 0 saturated heterocycles. The summed E-state index contributed by atoms with van der Waals surface area (Å²) in [5, 5.41) is 8.14. The lowest BCUT2D eigenvalue weighted by Gasteiger charge is -2.18. The number of aryl methyl sites for hydroxylation is 1. The zero-order valence-corrected chi connectivity index (χ0v) is 16.3. The molecule has 3 rings (SSSR count). The van der Waals surface area contributed by atoms with Crippen LogP contribution in [0.3, 0.4) is 0 Å². The summed E-state index contributed by atoms with van der Waals surface area (Å²) < 4.78 is 38.6. The number of carbonyl (C=O) groups excluding carboxylic acids is 1. The summed E-state index contributed by atoms with van der Waals surface area (Å²) in [6, 6.07) is 11.9. The van der Waals surface area contributed by atoms with Gasteiger partial charge in [-0.15, -0.1) is 0 Å². The molecule has 2 aromatic carbocycles. The lowest BCUT2D eigenvalue weighted by Crippen LogP contribution is -2.26. The highest BCUT2D eigenvalue weighted by Crippen LogP contribution is 2.30. The molecule has 1 aromatic heterocycles. The van der Waals surface area contributed by atoms with Gasteiger partial charge >= 0.3 is 6.18 Å². The van der Waals surface area contributed by atoms with Crippen molar-refractivity contribution < 1.29 is 18.0 Å². The van der Waals surface area contributed by atoms with Crippen LogP contribution in [0.2, 0.25) is 0 Å². The molecule has 0 aliphatic heterocycles. The van der Waals surface area contributed by atoms with Crippen molar-refractivity contribution in [1.29, 1.82) is 0 Å². The van der Waals surface area contributed by atoms with Crippen LogP contribution in [0.4, 0.5) is 13.2 Å². The van der Waals surface area contributed by atoms with Gasteiger partial charge in [-0.3, -0.25) is 4.79 Å². The minimum atomic E-state index is -4.41. The highest BCUT2D eigenvalue weighted by molar-refractivity contribution is 5.94. The van der Waals surface area contributed by atoms with Crippen molar-refractivity contribution in [3.05, 3.63) is 82.5 Å². The number of alkyl halides is 3. The first-order chi connectivity index (χ1) is 13.7. The van der Waals surface area contributed by atoms with Crippen LogP contribution >= 0.6 is 0 Å². The lowest BCUT2D eigenvalue weighted by molar-refractivity contribution is -0.137. The Morgan fingerprint density at radius 1 is 1.07 bits per heavy atom. The van der Waals surface area contributed by atoms with Crippen LogP contribution in [0.1, 0.15) is 32.6 Å². The molecule has 150 valence electrons.